The van der Waals surface area contributed by atoms with Crippen LogP contribution in [0.4, 0.5) is 4.79 Å². The number of rotatable bonds is 3. The number of pyridine rings is 1. The highest BCUT2D eigenvalue weighted by Crippen LogP contribution is 2.39. The molecule has 0 atom stereocenters. The van der Waals surface area contributed by atoms with E-state index in [2.05, 4.69) is 38.4 Å². The Morgan fingerprint density at radius 2 is 1.95 bits per heavy atom. The zero-order valence-electron chi connectivity index (χ0n) is 11.6. The van der Waals surface area contributed by atoms with Crippen LogP contribution in [-0.2, 0) is 18.3 Å². The average molecular weight is 382 g/mol. The normalized spacial score (nSPS) is 15.4. The summed E-state index contributed by atoms with van der Waals surface area (Å²) in [6.45, 7) is 0.302. The van der Waals surface area contributed by atoms with E-state index in [1.54, 1.807) is 6.07 Å². The van der Waals surface area contributed by atoms with E-state index in [0.29, 0.717) is 11.7 Å². The van der Waals surface area contributed by atoms with Crippen molar-refractivity contribution in [1.82, 2.24) is 10.3 Å². The highest BCUT2D eigenvalue weighted by Gasteiger charge is 2.40. The molecule has 1 aromatic carbocycles. The molecular weight excluding hydrogens is 368 g/mol. The van der Waals surface area contributed by atoms with Gasteiger partial charge in [-0.3, -0.25) is 0 Å². The van der Waals surface area contributed by atoms with Gasteiger partial charge in [-0.15, -0.1) is 0 Å². The molecule has 22 heavy (non-hydrogen) atoms. The van der Waals surface area contributed by atoms with Gasteiger partial charge in [-0.25, -0.2) is 9.78 Å². The third-order valence-electron chi connectivity index (χ3n) is 4.06. The van der Waals surface area contributed by atoms with Gasteiger partial charge < -0.3 is 10.4 Å². The van der Waals surface area contributed by atoms with Crippen LogP contribution in [0.2, 0.25) is 5.15 Å². The molecule has 0 aliphatic heterocycles. The van der Waals surface area contributed by atoms with Gasteiger partial charge in [-0.1, -0.05) is 51.8 Å². The quantitative estimate of drug-likeness (QED) is 0.795. The number of fused-ring (bicyclic) bond motifs is 1. The highest BCUT2D eigenvalue weighted by molar-refractivity contribution is 9.10. The van der Waals surface area contributed by atoms with Crippen molar-refractivity contribution in [2.24, 2.45) is 0 Å². The van der Waals surface area contributed by atoms with Crippen molar-refractivity contribution in [1.29, 1.82) is 0 Å². The molecule has 1 aromatic heterocycles. The minimum Gasteiger partial charge on any atom is -0.465 e. The fourth-order valence-corrected chi connectivity index (χ4v) is 3.85. The molecule has 1 heterocycles. The van der Waals surface area contributed by atoms with Gasteiger partial charge in [0, 0.05) is 16.4 Å². The lowest BCUT2D eigenvalue weighted by atomic mass is 9.80. The lowest BCUT2D eigenvalue weighted by Gasteiger charge is -2.28. The molecule has 2 aromatic rings. The number of benzene rings is 1. The van der Waals surface area contributed by atoms with E-state index in [0.717, 1.165) is 23.0 Å². The maximum Gasteiger partial charge on any atom is 0.404 e. The van der Waals surface area contributed by atoms with Crippen LogP contribution in [-0.4, -0.2) is 22.7 Å². The number of nitrogens with zero attached hydrogens (tertiary/aromatic N) is 1. The molecule has 0 saturated heterocycles. The van der Waals surface area contributed by atoms with E-state index in [4.69, 9.17) is 16.7 Å². The van der Waals surface area contributed by atoms with Crippen molar-refractivity contribution in [3.63, 3.8) is 0 Å². The molecule has 0 unspecified atom stereocenters. The van der Waals surface area contributed by atoms with Crippen molar-refractivity contribution < 1.29 is 9.90 Å². The van der Waals surface area contributed by atoms with Crippen LogP contribution in [0, 0.1) is 0 Å². The van der Waals surface area contributed by atoms with Crippen LogP contribution in [0.5, 0.6) is 0 Å². The van der Waals surface area contributed by atoms with Crippen LogP contribution in [0.3, 0.4) is 0 Å². The minimum absolute atomic E-state index is 0.302. The second-order valence-electron chi connectivity index (χ2n) is 5.55. The largest absolute Gasteiger partial charge is 0.465 e. The Morgan fingerprint density at radius 1 is 1.32 bits per heavy atom. The first kappa shape index (κ1) is 15.3. The molecule has 0 bridgehead atoms. The molecule has 0 spiro atoms. The maximum absolute atomic E-state index is 11.0. The van der Waals surface area contributed by atoms with Gasteiger partial charge in [-0.05, 0) is 36.1 Å². The Hall–Kier alpha value is -1.59. The number of carboxylic acid groups (broad SMARTS) is 1. The van der Waals surface area contributed by atoms with Gasteiger partial charge >= 0.3 is 6.09 Å². The van der Waals surface area contributed by atoms with E-state index in [1.807, 2.05) is 18.2 Å². The molecule has 2 N–H and O–H groups in total. The zero-order valence-corrected chi connectivity index (χ0v) is 14.0. The highest BCUT2D eigenvalue weighted by atomic mass is 79.9. The van der Waals surface area contributed by atoms with Crippen molar-refractivity contribution in [3.8, 4) is 0 Å². The van der Waals surface area contributed by atoms with E-state index in [1.165, 1.54) is 11.1 Å². The van der Waals surface area contributed by atoms with Gasteiger partial charge in [0.25, 0.3) is 0 Å². The molecule has 114 valence electrons. The molecule has 1 aliphatic rings. The van der Waals surface area contributed by atoms with E-state index in [-0.39, 0.29) is 0 Å². The van der Waals surface area contributed by atoms with Crippen LogP contribution >= 0.6 is 27.5 Å². The van der Waals surface area contributed by atoms with Crippen molar-refractivity contribution in [2.45, 2.75) is 18.3 Å². The smallest absolute Gasteiger partial charge is 0.404 e. The summed E-state index contributed by atoms with van der Waals surface area (Å²) in [5, 5.41) is 11.9. The first-order chi connectivity index (χ1) is 10.5. The lowest BCUT2D eigenvalue weighted by molar-refractivity contribution is 0.190. The number of halogens is 2. The Labute approximate surface area is 141 Å². The summed E-state index contributed by atoms with van der Waals surface area (Å²) in [5.74, 6) is 0. The third kappa shape index (κ3) is 2.96. The first-order valence-electron chi connectivity index (χ1n) is 6.86. The van der Waals surface area contributed by atoms with Crippen LogP contribution in [0.1, 0.15) is 16.8 Å². The number of nitrogens with one attached hydrogen (secondary N) is 1. The second-order valence-corrected chi connectivity index (χ2v) is 6.86. The Kier molecular flexibility index (Phi) is 4.10. The molecule has 1 aliphatic carbocycles. The van der Waals surface area contributed by atoms with E-state index in [9.17, 15) is 4.79 Å². The summed E-state index contributed by atoms with van der Waals surface area (Å²) in [6, 6.07) is 11.8. The van der Waals surface area contributed by atoms with Crippen molar-refractivity contribution in [2.75, 3.05) is 6.54 Å². The van der Waals surface area contributed by atoms with Crippen LogP contribution in [0.15, 0.2) is 40.9 Å². The molecule has 0 saturated carbocycles. The monoisotopic (exact) mass is 380 g/mol. The second kappa shape index (κ2) is 5.89. The number of hydrogen-bond donors (Lipinski definition) is 2. The minimum atomic E-state index is -1.03. The van der Waals surface area contributed by atoms with Gasteiger partial charge in [0.1, 0.15) is 5.15 Å². The molecule has 0 fully saturated rings. The Balaban J connectivity index is 2.03. The van der Waals surface area contributed by atoms with Gasteiger partial charge in [0.15, 0.2) is 0 Å². The summed E-state index contributed by atoms with van der Waals surface area (Å²) < 4.78 is 0.841. The predicted octanol–water partition coefficient (Wildman–Crippen LogP) is 3.80. The number of hydrogen-bond acceptors (Lipinski definition) is 2. The summed E-state index contributed by atoms with van der Waals surface area (Å²) in [5.41, 5.74) is 2.85. The zero-order chi connectivity index (χ0) is 15.7. The average Bonchev–Trinajstić information content (AvgIpc) is 2.84. The summed E-state index contributed by atoms with van der Waals surface area (Å²) >= 11 is 9.52. The van der Waals surface area contributed by atoms with Crippen molar-refractivity contribution in [3.05, 3.63) is 62.8 Å². The van der Waals surface area contributed by atoms with E-state index >= 15 is 0 Å². The molecule has 4 nitrogen and oxygen atoms in total. The molecule has 1 amide bonds. The van der Waals surface area contributed by atoms with Crippen molar-refractivity contribution >= 4 is 33.6 Å². The van der Waals surface area contributed by atoms with Gasteiger partial charge in [-0.2, -0.15) is 0 Å². The summed E-state index contributed by atoms with van der Waals surface area (Å²) in [6.07, 6.45) is 0.448. The number of amides is 1. The predicted molar refractivity (Wildman–Crippen MR) is 88.5 cm³/mol. The first-order valence-corrected chi connectivity index (χ1v) is 8.03. The van der Waals surface area contributed by atoms with Gasteiger partial charge in [0.05, 0.1) is 5.69 Å². The molecule has 6 heteroatoms. The van der Waals surface area contributed by atoms with Crippen LogP contribution < -0.4 is 5.32 Å². The lowest BCUT2D eigenvalue weighted by Crippen LogP contribution is -2.41. The SMILES string of the molecule is O=C(O)NCC1(c2cc(Br)cc(Cl)n2)Cc2ccccc2C1. The van der Waals surface area contributed by atoms with Gasteiger partial charge in [0.2, 0.25) is 0 Å². The summed E-state index contributed by atoms with van der Waals surface area (Å²) in [4.78, 5) is 15.4. The third-order valence-corrected chi connectivity index (χ3v) is 4.71. The number of aromatic nitrogens is 1. The molecule has 3 rings (SSSR count). The molecular formula is C16H14BrClN2O2. The summed E-state index contributed by atoms with van der Waals surface area (Å²) in [7, 11) is 0. The Morgan fingerprint density at radius 3 is 2.50 bits per heavy atom. The molecule has 0 radical (unpaired) electrons. The standard InChI is InChI=1S/C16H14BrClN2O2/c17-12-5-13(20-14(18)6-12)16(9-19-15(21)22)7-10-3-1-2-4-11(10)8-16/h1-6,19H,7-9H2,(H,21,22). The van der Waals surface area contributed by atoms with Crippen LogP contribution in [0.25, 0.3) is 0 Å². The maximum atomic E-state index is 11.0. The topological polar surface area (TPSA) is 62.2 Å². The fourth-order valence-electron chi connectivity index (χ4n) is 3.07. The number of carbonyl (C=O) groups is 1. The fraction of sp³-hybridized carbons (Fsp3) is 0.250. The Bertz CT molecular complexity index is 691. The van der Waals surface area contributed by atoms with E-state index < -0.39 is 11.5 Å².